The van der Waals surface area contributed by atoms with Crippen molar-refractivity contribution < 1.29 is 42.5 Å². The van der Waals surface area contributed by atoms with Crippen LogP contribution in [0.15, 0.2) is 17.0 Å². The number of rotatable bonds is 11. The zero-order valence-corrected chi connectivity index (χ0v) is 19.5. The molecule has 25 heavy (non-hydrogen) atoms. The van der Waals surface area contributed by atoms with Crippen LogP contribution in [0.1, 0.15) is 94.2 Å². The molecule has 0 spiro atoms. The smallest absolute Gasteiger partial charge is 0.744 e. The molecule has 0 saturated heterocycles. The van der Waals surface area contributed by atoms with Gasteiger partial charge in [0, 0.05) is 0 Å². The van der Waals surface area contributed by atoms with Crippen LogP contribution in [0.25, 0.3) is 0 Å². The molecule has 5 heteroatoms. The number of aryl methyl sites for hydroxylation is 2. The van der Waals surface area contributed by atoms with Gasteiger partial charge in [-0.15, -0.1) is 0 Å². The zero-order valence-electron chi connectivity index (χ0n) is 16.7. The summed E-state index contributed by atoms with van der Waals surface area (Å²) in [5, 5.41) is 0. The molecule has 0 radical (unpaired) electrons. The first kappa shape index (κ1) is 25.1. The molecule has 0 heterocycles. The Morgan fingerprint density at radius 3 is 2.00 bits per heavy atom. The molecule has 0 bridgehead atoms. The topological polar surface area (TPSA) is 57.2 Å². The van der Waals surface area contributed by atoms with Crippen LogP contribution in [0.2, 0.25) is 0 Å². The SMILES string of the molecule is CCCCCCCC(CCCC)c1cc(S(=O)(=O)[O-])c(C)cc1C.[Na+]. The van der Waals surface area contributed by atoms with Gasteiger partial charge in [0.15, 0.2) is 0 Å². The molecule has 1 unspecified atom stereocenters. The van der Waals surface area contributed by atoms with Gasteiger partial charge in [-0.05, 0) is 55.4 Å². The maximum absolute atomic E-state index is 11.5. The van der Waals surface area contributed by atoms with Gasteiger partial charge in [-0.2, -0.15) is 0 Å². The van der Waals surface area contributed by atoms with Gasteiger partial charge in [-0.3, -0.25) is 0 Å². The number of hydrogen-bond donors (Lipinski definition) is 0. The number of unbranched alkanes of at least 4 members (excludes halogenated alkanes) is 5. The van der Waals surface area contributed by atoms with Gasteiger partial charge < -0.3 is 4.55 Å². The summed E-state index contributed by atoms with van der Waals surface area (Å²) in [5.41, 5.74) is 2.72. The van der Waals surface area contributed by atoms with E-state index in [0.29, 0.717) is 11.5 Å². The second-order valence-electron chi connectivity index (χ2n) is 6.97. The summed E-state index contributed by atoms with van der Waals surface area (Å²) in [6.07, 6.45) is 10.6. The van der Waals surface area contributed by atoms with Gasteiger partial charge in [-0.25, -0.2) is 8.42 Å². The van der Waals surface area contributed by atoms with Gasteiger partial charge in [-0.1, -0.05) is 64.9 Å². The fraction of sp³-hybridized carbons (Fsp3) is 0.700. The summed E-state index contributed by atoms with van der Waals surface area (Å²) in [6.45, 7) is 8.12. The fourth-order valence-corrected chi connectivity index (χ4v) is 4.18. The Hall–Kier alpha value is 0.130. The van der Waals surface area contributed by atoms with E-state index in [-0.39, 0.29) is 34.5 Å². The third-order valence-corrected chi connectivity index (χ3v) is 5.81. The second kappa shape index (κ2) is 12.5. The summed E-state index contributed by atoms with van der Waals surface area (Å²) >= 11 is 0. The summed E-state index contributed by atoms with van der Waals surface area (Å²) in [4.78, 5) is -0.0458. The Labute approximate surface area is 177 Å². The van der Waals surface area contributed by atoms with E-state index < -0.39 is 10.1 Å². The minimum absolute atomic E-state index is 0. The summed E-state index contributed by atoms with van der Waals surface area (Å²) in [7, 11) is -4.41. The van der Waals surface area contributed by atoms with Crippen LogP contribution in [0.3, 0.4) is 0 Å². The monoisotopic (exact) mass is 376 g/mol. The van der Waals surface area contributed by atoms with Crippen molar-refractivity contribution in [2.24, 2.45) is 0 Å². The minimum Gasteiger partial charge on any atom is -0.744 e. The van der Waals surface area contributed by atoms with E-state index in [1.807, 2.05) is 13.0 Å². The van der Waals surface area contributed by atoms with Crippen molar-refractivity contribution in [2.75, 3.05) is 0 Å². The molecular formula is C20H33NaO3S. The summed E-state index contributed by atoms with van der Waals surface area (Å²) < 4.78 is 34.6. The molecule has 138 valence electrons. The van der Waals surface area contributed by atoms with Crippen LogP contribution < -0.4 is 29.6 Å². The van der Waals surface area contributed by atoms with E-state index in [0.717, 1.165) is 36.8 Å². The molecule has 0 fully saturated rings. The largest absolute Gasteiger partial charge is 1.00 e. The molecule has 0 aliphatic carbocycles. The normalized spacial score (nSPS) is 12.7. The minimum atomic E-state index is -4.41. The first-order valence-electron chi connectivity index (χ1n) is 9.38. The van der Waals surface area contributed by atoms with Crippen molar-refractivity contribution in [2.45, 2.75) is 96.3 Å². The molecule has 3 nitrogen and oxygen atoms in total. The molecule has 1 rings (SSSR count). The third-order valence-electron chi connectivity index (χ3n) is 4.84. The molecule has 0 N–H and O–H groups in total. The van der Waals surface area contributed by atoms with E-state index >= 15 is 0 Å². The average molecular weight is 377 g/mol. The van der Waals surface area contributed by atoms with Crippen molar-refractivity contribution in [1.82, 2.24) is 0 Å². The van der Waals surface area contributed by atoms with Gasteiger partial charge >= 0.3 is 29.6 Å². The summed E-state index contributed by atoms with van der Waals surface area (Å²) in [5.74, 6) is 0.354. The van der Waals surface area contributed by atoms with Gasteiger partial charge in [0.25, 0.3) is 0 Å². The fourth-order valence-electron chi connectivity index (χ4n) is 3.46. The zero-order chi connectivity index (χ0) is 18.2. The van der Waals surface area contributed by atoms with Crippen LogP contribution in [0, 0.1) is 13.8 Å². The Morgan fingerprint density at radius 2 is 1.44 bits per heavy atom. The van der Waals surface area contributed by atoms with E-state index in [9.17, 15) is 13.0 Å². The Kier molecular flexibility index (Phi) is 12.6. The van der Waals surface area contributed by atoms with Crippen LogP contribution >= 0.6 is 0 Å². The van der Waals surface area contributed by atoms with E-state index in [2.05, 4.69) is 13.8 Å². The Balaban J connectivity index is 0.00000576. The first-order chi connectivity index (χ1) is 11.3. The molecule has 1 aromatic rings. The Morgan fingerprint density at radius 1 is 0.880 bits per heavy atom. The maximum atomic E-state index is 11.5. The second-order valence-corrected chi connectivity index (χ2v) is 8.32. The number of hydrogen-bond acceptors (Lipinski definition) is 3. The molecule has 0 amide bonds. The molecule has 0 aromatic heterocycles. The predicted octanol–water partition coefficient (Wildman–Crippen LogP) is 2.85. The summed E-state index contributed by atoms with van der Waals surface area (Å²) in [6, 6.07) is 3.51. The molecular weight excluding hydrogens is 343 g/mol. The molecule has 1 aromatic carbocycles. The van der Waals surface area contributed by atoms with Crippen LogP contribution in [-0.4, -0.2) is 13.0 Å². The first-order valence-corrected chi connectivity index (χ1v) is 10.8. The van der Waals surface area contributed by atoms with Crippen molar-refractivity contribution in [1.29, 1.82) is 0 Å². The standard InChI is InChI=1S/C20H34O3S.Na/c1-5-7-9-10-11-13-18(12-8-6-2)19-15-20(24(21,22)23)17(4)14-16(19)3;/h14-15,18H,5-13H2,1-4H3,(H,21,22,23);/q;+1/p-1. The maximum Gasteiger partial charge on any atom is 1.00 e. The van der Waals surface area contributed by atoms with Gasteiger partial charge in [0.2, 0.25) is 0 Å². The van der Waals surface area contributed by atoms with Crippen molar-refractivity contribution in [3.63, 3.8) is 0 Å². The molecule has 0 aliphatic heterocycles. The van der Waals surface area contributed by atoms with Crippen LogP contribution in [0.5, 0.6) is 0 Å². The predicted molar refractivity (Wildman–Crippen MR) is 99.5 cm³/mol. The van der Waals surface area contributed by atoms with E-state index in [1.54, 1.807) is 13.0 Å². The van der Waals surface area contributed by atoms with Crippen molar-refractivity contribution in [3.05, 3.63) is 28.8 Å². The van der Waals surface area contributed by atoms with Crippen molar-refractivity contribution in [3.8, 4) is 0 Å². The van der Waals surface area contributed by atoms with Gasteiger partial charge in [0.05, 0.1) is 4.90 Å². The van der Waals surface area contributed by atoms with E-state index in [4.69, 9.17) is 0 Å². The average Bonchev–Trinajstić information content (AvgIpc) is 2.49. The molecule has 0 saturated carbocycles. The van der Waals surface area contributed by atoms with Crippen LogP contribution in [-0.2, 0) is 10.1 Å². The van der Waals surface area contributed by atoms with Gasteiger partial charge in [0.1, 0.15) is 10.1 Å². The quantitative estimate of drug-likeness (QED) is 0.339. The van der Waals surface area contributed by atoms with E-state index in [1.165, 1.54) is 32.1 Å². The van der Waals surface area contributed by atoms with Crippen molar-refractivity contribution >= 4 is 10.1 Å². The Bertz CT molecular complexity index is 612. The van der Waals surface area contributed by atoms with Crippen LogP contribution in [0.4, 0.5) is 0 Å². The number of benzene rings is 1. The third kappa shape index (κ3) is 8.57. The molecule has 1 atom stereocenters. The molecule has 0 aliphatic rings.